The van der Waals surface area contributed by atoms with Gasteiger partial charge in [-0.15, -0.1) is 0 Å². The third kappa shape index (κ3) is 3.02. The lowest BCUT2D eigenvalue weighted by molar-refractivity contribution is 0.215. The van der Waals surface area contributed by atoms with E-state index in [-0.39, 0.29) is 0 Å². The number of hydrogen-bond donors (Lipinski definition) is 1. The largest absolute Gasteiger partial charge is 0.501 e. The number of rotatable bonds is 5. The summed E-state index contributed by atoms with van der Waals surface area (Å²) in [5, 5.41) is 3.41. The van der Waals surface area contributed by atoms with E-state index in [2.05, 4.69) is 19.2 Å². The van der Waals surface area contributed by atoms with Gasteiger partial charge in [0.2, 0.25) is 0 Å². The first kappa shape index (κ1) is 11.6. The minimum absolute atomic E-state index is 0.509. The number of hydrogen-bond acceptors (Lipinski definition) is 2. The van der Waals surface area contributed by atoms with Crippen molar-refractivity contribution in [1.82, 2.24) is 5.32 Å². The SMILES string of the molecule is CCCC(C)C(NC)C1=COCCC1. The summed E-state index contributed by atoms with van der Waals surface area (Å²) >= 11 is 0. The maximum Gasteiger partial charge on any atom is 0.0876 e. The first-order chi connectivity index (χ1) is 6.79. The molecule has 0 aromatic heterocycles. The van der Waals surface area contributed by atoms with E-state index in [9.17, 15) is 0 Å². The summed E-state index contributed by atoms with van der Waals surface area (Å²) < 4.78 is 5.39. The van der Waals surface area contributed by atoms with Gasteiger partial charge >= 0.3 is 0 Å². The van der Waals surface area contributed by atoms with Crippen LogP contribution in [0.4, 0.5) is 0 Å². The van der Waals surface area contributed by atoms with Crippen molar-refractivity contribution in [3.8, 4) is 0 Å². The van der Waals surface area contributed by atoms with Gasteiger partial charge in [-0.3, -0.25) is 0 Å². The molecule has 2 unspecified atom stereocenters. The first-order valence-corrected chi connectivity index (χ1v) is 5.77. The van der Waals surface area contributed by atoms with Crippen molar-refractivity contribution in [2.24, 2.45) is 5.92 Å². The summed E-state index contributed by atoms with van der Waals surface area (Å²) in [6.07, 6.45) is 6.87. The molecule has 0 radical (unpaired) electrons. The van der Waals surface area contributed by atoms with Crippen LogP contribution in [-0.2, 0) is 4.74 Å². The molecule has 0 spiro atoms. The quantitative estimate of drug-likeness (QED) is 0.731. The second-order valence-electron chi connectivity index (χ2n) is 4.20. The zero-order chi connectivity index (χ0) is 10.4. The van der Waals surface area contributed by atoms with Crippen LogP contribution < -0.4 is 5.32 Å². The first-order valence-electron chi connectivity index (χ1n) is 5.77. The van der Waals surface area contributed by atoms with Crippen molar-refractivity contribution in [2.75, 3.05) is 13.7 Å². The van der Waals surface area contributed by atoms with Crippen molar-refractivity contribution < 1.29 is 4.74 Å². The molecule has 0 fully saturated rings. The van der Waals surface area contributed by atoms with E-state index in [1.54, 1.807) is 0 Å². The lowest BCUT2D eigenvalue weighted by Gasteiger charge is -2.27. The van der Waals surface area contributed by atoms with Crippen molar-refractivity contribution >= 4 is 0 Å². The topological polar surface area (TPSA) is 21.3 Å². The number of likely N-dealkylation sites (N-methyl/N-ethyl adjacent to an activating group) is 1. The van der Waals surface area contributed by atoms with Crippen LogP contribution in [0.1, 0.15) is 39.5 Å². The minimum atomic E-state index is 0.509. The number of ether oxygens (including phenoxy) is 1. The minimum Gasteiger partial charge on any atom is -0.501 e. The van der Waals surface area contributed by atoms with Gasteiger partial charge in [-0.1, -0.05) is 20.3 Å². The molecule has 2 heteroatoms. The molecule has 1 rings (SSSR count). The molecule has 1 aliphatic heterocycles. The van der Waals surface area contributed by atoms with Crippen LogP contribution in [0.15, 0.2) is 11.8 Å². The molecule has 0 amide bonds. The Labute approximate surface area is 87.7 Å². The van der Waals surface area contributed by atoms with Gasteiger partial charge in [-0.2, -0.15) is 0 Å². The summed E-state index contributed by atoms with van der Waals surface area (Å²) in [6.45, 7) is 5.46. The monoisotopic (exact) mass is 197 g/mol. The van der Waals surface area contributed by atoms with Gasteiger partial charge < -0.3 is 10.1 Å². The fourth-order valence-corrected chi connectivity index (χ4v) is 2.27. The van der Waals surface area contributed by atoms with Crippen LogP contribution in [-0.4, -0.2) is 19.7 Å². The van der Waals surface area contributed by atoms with E-state index in [4.69, 9.17) is 4.74 Å². The molecule has 1 aliphatic rings. The van der Waals surface area contributed by atoms with E-state index in [1.165, 1.54) is 31.3 Å². The van der Waals surface area contributed by atoms with E-state index in [0.29, 0.717) is 12.0 Å². The summed E-state index contributed by atoms with van der Waals surface area (Å²) in [4.78, 5) is 0. The Morgan fingerprint density at radius 1 is 1.57 bits per heavy atom. The Bertz CT molecular complexity index is 189. The zero-order valence-corrected chi connectivity index (χ0v) is 9.68. The van der Waals surface area contributed by atoms with Crippen molar-refractivity contribution in [3.63, 3.8) is 0 Å². The Hall–Kier alpha value is -0.500. The smallest absolute Gasteiger partial charge is 0.0876 e. The normalized spacial score (nSPS) is 20.9. The Morgan fingerprint density at radius 2 is 2.36 bits per heavy atom. The van der Waals surface area contributed by atoms with Gasteiger partial charge in [0, 0.05) is 6.04 Å². The van der Waals surface area contributed by atoms with Crippen LogP contribution in [0.3, 0.4) is 0 Å². The molecule has 1 N–H and O–H groups in total. The Balaban J connectivity index is 2.55. The van der Waals surface area contributed by atoms with Crippen LogP contribution >= 0.6 is 0 Å². The van der Waals surface area contributed by atoms with Crippen molar-refractivity contribution in [3.05, 3.63) is 11.8 Å². The third-order valence-corrected chi connectivity index (χ3v) is 2.99. The molecular weight excluding hydrogens is 174 g/mol. The van der Waals surface area contributed by atoms with Crippen molar-refractivity contribution in [1.29, 1.82) is 0 Å². The van der Waals surface area contributed by atoms with Gasteiger partial charge in [-0.05, 0) is 37.8 Å². The van der Waals surface area contributed by atoms with Crippen LogP contribution in [0, 0.1) is 5.92 Å². The van der Waals surface area contributed by atoms with E-state index in [0.717, 1.165) is 6.61 Å². The molecule has 0 saturated carbocycles. The van der Waals surface area contributed by atoms with Gasteiger partial charge in [0.15, 0.2) is 0 Å². The zero-order valence-electron chi connectivity index (χ0n) is 9.68. The fraction of sp³-hybridized carbons (Fsp3) is 0.833. The highest BCUT2D eigenvalue weighted by Gasteiger charge is 2.20. The molecule has 2 nitrogen and oxygen atoms in total. The molecule has 0 aromatic rings. The van der Waals surface area contributed by atoms with Crippen molar-refractivity contribution in [2.45, 2.75) is 45.6 Å². The predicted molar refractivity (Wildman–Crippen MR) is 60.2 cm³/mol. The van der Waals surface area contributed by atoms with Gasteiger partial charge in [0.25, 0.3) is 0 Å². The molecule has 82 valence electrons. The predicted octanol–water partition coefficient (Wildman–Crippen LogP) is 2.70. The maximum atomic E-state index is 5.39. The fourth-order valence-electron chi connectivity index (χ4n) is 2.27. The molecule has 2 atom stereocenters. The van der Waals surface area contributed by atoms with E-state index >= 15 is 0 Å². The summed E-state index contributed by atoms with van der Waals surface area (Å²) in [7, 11) is 2.05. The third-order valence-electron chi connectivity index (χ3n) is 2.99. The second kappa shape index (κ2) is 6.07. The molecule has 14 heavy (non-hydrogen) atoms. The lowest BCUT2D eigenvalue weighted by Crippen LogP contribution is -2.35. The summed E-state index contributed by atoms with van der Waals surface area (Å²) in [6, 6.07) is 0.509. The molecule has 0 aliphatic carbocycles. The number of nitrogens with one attached hydrogen (secondary N) is 1. The van der Waals surface area contributed by atoms with E-state index < -0.39 is 0 Å². The lowest BCUT2D eigenvalue weighted by atomic mass is 9.89. The average Bonchev–Trinajstić information content (AvgIpc) is 2.21. The molecule has 0 bridgehead atoms. The Kier molecular flexibility index (Phi) is 5.02. The average molecular weight is 197 g/mol. The summed E-state index contributed by atoms with van der Waals surface area (Å²) in [5.41, 5.74) is 1.44. The van der Waals surface area contributed by atoms with E-state index in [1.807, 2.05) is 13.3 Å². The van der Waals surface area contributed by atoms with Gasteiger partial charge in [0.1, 0.15) is 0 Å². The second-order valence-corrected chi connectivity index (χ2v) is 4.20. The van der Waals surface area contributed by atoms with Crippen LogP contribution in [0.2, 0.25) is 0 Å². The molecule has 0 saturated heterocycles. The highest BCUT2D eigenvalue weighted by Crippen LogP contribution is 2.23. The Morgan fingerprint density at radius 3 is 2.86 bits per heavy atom. The molecule has 0 aromatic carbocycles. The molecular formula is C12H23NO. The van der Waals surface area contributed by atoms with Crippen LogP contribution in [0.25, 0.3) is 0 Å². The van der Waals surface area contributed by atoms with Gasteiger partial charge in [-0.25, -0.2) is 0 Å². The highest BCUT2D eigenvalue weighted by molar-refractivity contribution is 5.11. The van der Waals surface area contributed by atoms with Gasteiger partial charge in [0.05, 0.1) is 12.9 Å². The standard InChI is InChI=1S/C12H23NO/c1-4-6-10(2)12(13-3)11-7-5-8-14-9-11/h9-10,12-13H,4-8H2,1-3H3. The maximum absolute atomic E-state index is 5.39. The van der Waals surface area contributed by atoms with Crippen LogP contribution in [0.5, 0.6) is 0 Å². The summed E-state index contributed by atoms with van der Waals surface area (Å²) in [5.74, 6) is 0.706. The molecule has 1 heterocycles. The highest BCUT2D eigenvalue weighted by atomic mass is 16.5.